The van der Waals surface area contributed by atoms with E-state index in [4.69, 9.17) is 4.74 Å². The second-order valence-electron chi connectivity index (χ2n) is 6.14. The van der Waals surface area contributed by atoms with Crippen LogP contribution < -0.4 is 5.32 Å². The molecule has 1 aromatic carbocycles. The van der Waals surface area contributed by atoms with Crippen molar-refractivity contribution in [3.8, 4) is 0 Å². The lowest BCUT2D eigenvalue weighted by Crippen LogP contribution is -2.43. The fourth-order valence-electron chi connectivity index (χ4n) is 2.80. The van der Waals surface area contributed by atoms with E-state index in [1.807, 2.05) is 6.07 Å². The van der Waals surface area contributed by atoms with E-state index in [2.05, 4.69) is 41.7 Å². The third-order valence-corrected chi connectivity index (χ3v) is 4.45. The number of hydrogen-bond donors (Lipinski definition) is 1. The Bertz CT molecular complexity index is 432. The fraction of sp³-hybridized carbons (Fsp3) is 0.556. The van der Waals surface area contributed by atoms with Gasteiger partial charge < -0.3 is 10.1 Å². The molecule has 0 unspecified atom stereocenters. The topological polar surface area (TPSA) is 21.3 Å². The second kappa shape index (κ2) is 6.55. The summed E-state index contributed by atoms with van der Waals surface area (Å²) in [5.41, 5.74) is 1.41. The molecule has 1 aromatic rings. The Labute approximate surface area is 122 Å². The second-order valence-corrected chi connectivity index (χ2v) is 6.14. The summed E-state index contributed by atoms with van der Waals surface area (Å²) in [6.07, 6.45) is 12.0. The maximum absolute atomic E-state index is 6.16. The van der Waals surface area contributed by atoms with Crippen LogP contribution in [-0.4, -0.2) is 24.8 Å². The summed E-state index contributed by atoms with van der Waals surface area (Å²) in [4.78, 5) is 0. The molecule has 0 saturated heterocycles. The van der Waals surface area contributed by atoms with Crippen molar-refractivity contribution in [3.05, 3.63) is 42.0 Å². The van der Waals surface area contributed by atoms with Gasteiger partial charge in [0.2, 0.25) is 0 Å². The highest BCUT2D eigenvalue weighted by Gasteiger charge is 2.37. The molecule has 0 spiro atoms. The molecule has 108 valence electrons. The van der Waals surface area contributed by atoms with Gasteiger partial charge in [0.05, 0.1) is 12.2 Å². The predicted octanol–water partition coefficient (Wildman–Crippen LogP) is 3.78. The first kappa shape index (κ1) is 13.8. The highest BCUT2D eigenvalue weighted by molar-refractivity contribution is 5.48. The third kappa shape index (κ3) is 3.94. The van der Waals surface area contributed by atoms with Crippen LogP contribution in [0.4, 0.5) is 0 Å². The van der Waals surface area contributed by atoms with Gasteiger partial charge in [-0.15, -0.1) is 0 Å². The lowest BCUT2D eigenvalue weighted by molar-refractivity contribution is -0.0929. The Hall–Kier alpha value is -1.12. The average molecular weight is 271 g/mol. The van der Waals surface area contributed by atoms with Gasteiger partial charge in [-0.25, -0.2) is 0 Å². The van der Waals surface area contributed by atoms with Crippen LogP contribution in [0, 0.1) is 0 Å². The smallest absolute Gasteiger partial charge is 0.0699 e. The zero-order chi connectivity index (χ0) is 13.7. The summed E-state index contributed by atoms with van der Waals surface area (Å²) in [6.45, 7) is 1.85. The number of ether oxygens (including phenoxy) is 1. The first-order chi connectivity index (χ1) is 9.86. The maximum Gasteiger partial charge on any atom is 0.0699 e. The molecule has 3 rings (SSSR count). The SMILES string of the molecule is C(=C\c1ccccc1)/COC1(CCNC2CC2)CCC1. The molecule has 0 amide bonds. The predicted molar refractivity (Wildman–Crippen MR) is 83.7 cm³/mol. The molecule has 0 bridgehead atoms. The molecule has 0 atom stereocenters. The zero-order valence-electron chi connectivity index (χ0n) is 12.2. The molecule has 1 N–H and O–H groups in total. The molecule has 0 aliphatic heterocycles. The highest BCUT2D eigenvalue weighted by Crippen LogP contribution is 2.38. The molecule has 2 aliphatic carbocycles. The van der Waals surface area contributed by atoms with Gasteiger partial charge in [0, 0.05) is 6.04 Å². The van der Waals surface area contributed by atoms with Crippen LogP contribution in [0.25, 0.3) is 6.08 Å². The first-order valence-corrected chi connectivity index (χ1v) is 7.95. The van der Waals surface area contributed by atoms with Gasteiger partial charge in [-0.3, -0.25) is 0 Å². The quantitative estimate of drug-likeness (QED) is 0.777. The molecule has 2 heteroatoms. The standard InChI is InChI=1S/C18H25NO/c1-2-6-16(7-3-1)8-4-15-20-18(11-5-12-18)13-14-19-17-9-10-17/h1-4,6-8,17,19H,5,9-15H2/b8-4+. The van der Waals surface area contributed by atoms with Crippen molar-refractivity contribution in [2.24, 2.45) is 0 Å². The van der Waals surface area contributed by atoms with E-state index >= 15 is 0 Å². The van der Waals surface area contributed by atoms with Crippen LogP contribution in [0.5, 0.6) is 0 Å². The molecule has 2 aliphatic rings. The molecule has 0 heterocycles. The van der Waals surface area contributed by atoms with E-state index in [0.717, 1.165) is 19.2 Å². The van der Waals surface area contributed by atoms with Crippen molar-refractivity contribution in [2.45, 2.75) is 50.2 Å². The first-order valence-electron chi connectivity index (χ1n) is 7.95. The van der Waals surface area contributed by atoms with Crippen LogP contribution >= 0.6 is 0 Å². The summed E-state index contributed by atoms with van der Waals surface area (Å²) >= 11 is 0. The number of rotatable bonds is 8. The van der Waals surface area contributed by atoms with E-state index in [9.17, 15) is 0 Å². The van der Waals surface area contributed by atoms with Crippen LogP contribution in [0.3, 0.4) is 0 Å². The van der Waals surface area contributed by atoms with Gasteiger partial charge in [-0.2, -0.15) is 0 Å². The number of hydrogen-bond acceptors (Lipinski definition) is 2. The van der Waals surface area contributed by atoms with Crippen LogP contribution in [0.1, 0.15) is 44.1 Å². The van der Waals surface area contributed by atoms with Crippen molar-refractivity contribution < 1.29 is 4.74 Å². The van der Waals surface area contributed by atoms with Gasteiger partial charge in [0.1, 0.15) is 0 Å². The molecule has 2 fully saturated rings. The summed E-state index contributed by atoms with van der Waals surface area (Å²) in [6, 6.07) is 11.2. The molecule has 0 radical (unpaired) electrons. The average Bonchev–Trinajstić information content (AvgIpc) is 3.25. The monoisotopic (exact) mass is 271 g/mol. The number of nitrogens with one attached hydrogen (secondary N) is 1. The highest BCUT2D eigenvalue weighted by atomic mass is 16.5. The lowest BCUT2D eigenvalue weighted by atomic mass is 9.77. The van der Waals surface area contributed by atoms with Crippen LogP contribution in [0.15, 0.2) is 36.4 Å². The van der Waals surface area contributed by atoms with Crippen molar-refractivity contribution in [1.82, 2.24) is 5.32 Å². The molecular formula is C18H25NO. The minimum absolute atomic E-state index is 0.170. The fourth-order valence-corrected chi connectivity index (χ4v) is 2.80. The van der Waals surface area contributed by atoms with Gasteiger partial charge in [-0.05, 0) is 50.6 Å². The van der Waals surface area contributed by atoms with Crippen molar-refractivity contribution in [3.63, 3.8) is 0 Å². The Balaban J connectivity index is 1.39. The van der Waals surface area contributed by atoms with Crippen LogP contribution in [0.2, 0.25) is 0 Å². The molecule has 2 saturated carbocycles. The number of benzene rings is 1. The van der Waals surface area contributed by atoms with E-state index < -0.39 is 0 Å². The van der Waals surface area contributed by atoms with Crippen molar-refractivity contribution in [1.29, 1.82) is 0 Å². The molecule has 0 aromatic heterocycles. The Morgan fingerprint density at radius 3 is 2.65 bits per heavy atom. The Kier molecular flexibility index (Phi) is 4.54. The summed E-state index contributed by atoms with van der Waals surface area (Å²) in [7, 11) is 0. The maximum atomic E-state index is 6.16. The molecule has 2 nitrogen and oxygen atoms in total. The van der Waals surface area contributed by atoms with Crippen LogP contribution in [-0.2, 0) is 4.74 Å². The van der Waals surface area contributed by atoms with Gasteiger partial charge in [0.15, 0.2) is 0 Å². The summed E-state index contributed by atoms with van der Waals surface area (Å²) in [5, 5.41) is 3.60. The zero-order valence-corrected chi connectivity index (χ0v) is 12.2. The van der Waals surface area contributed by atoms with Gasteiger partial charge in [-0.1, -0.05) is 42.5 Å². The minimum Gasteiger partial charge on any atom is -0.371 e. The molecule has 20 heavy (non-hydrogen) atoms. The molecular weight excluding hydrogens is 246 g/mol. The lowest BCUT2D eigenvalue weighted by Gasteiger charge is -2.41. The largest absolute Gasteiger partial charge is 0.371 e. The van der Waals surface area contributed by atoms with E-state index in [0.29, 0.717) is 0 Å². The summed E-state index contributed by atoms with van der Waals surface area (Å²) in [5.74, 6) is 0. The normalized spacial score (nSPS) is 21.0. The third-order valence-electron chi connectivity index (χ3n) is 4.45. The van der Waals surface area contributed by atoms with Crippen molar-refractivity contribution in [2.75, 3.05) is 13.2 Å². The van der Waals surface area contributed by atoms with Gasteiger partial charge >= 0.3 is 0 Å². The van der Waals surface area contributed by atoms with E-state index in [1.165, 1.54) is 44.1 Å². The summed E-state index contributed by atoms with van der Waals surface area (Å²) < 4.78 is 6.16. The van der Waals surface area contributed by atoms with Gasteiger partial charge in [0.25, 0.3) is 0 Å². The van der Waals surface area contributed by atoms with E-state index in [1.54, 1.807) is 0 Å². The van der Waals surface area contributed by atoms with Crippen molar-refractivity contribution >= 4 is 6.08 Å². The Morgan fingerprint density at radius 1 is 1.20 bits per heavy atom. The van der Waals surface area contributed by atoms with E-state index in [-0.39, 0.29) is 5.60 Å². The Morgan fingerprint density at radius 2 is 2.00 bits per heavy atom. The minimum atomic E-state index is 0.170.